The van der Waals surface area contributed by atoms with Crippen molar-refractivity contribution in [3.8, 4) is 0 Å². The summed E-state index contributed by atoms with van der Waals surface area (Å²) in [6.45, 7) is 3.93. The lowest BCUT2D eigenvalue weighted by molar-refractivity contribution is -0.147. The zero-order chi connectivity index (χ0) is 12.8. The fourth-order valence-electron chi connectivity index (χ4n) is 1.27. The minimum absolute atomic E-state index is 0.0181. The Morgan fingerprint density at radius 3 is 2.76 bits per heavy atom. The third-order valence-corrected chi connectivity index (χ3v) is 2.92. The number of aromatic nitrogens is 1. The molecule has 5 nitrogen and oxygen atoms in total. The van der Waals surface area contributed by atoms with E-state index in [1.165, 1.54) is 16.2 Å². The molecule has 0 fully saturated rings. The van der Waals surface area contributed by atoms with Gasteiger partial charge in [0.2, 0.25) is 5.91 Å². The molecule has 1 amide bonds. The Morgan fingerprint density at radius 1 is 1.53 bits per heavy atom. The molecular formula is C11H16N2O3S. The van der Waals surface area contributed by atoms with Crippen molar-refractivity contribution in [1.29, 1.82) is 0 Å². The van der Waals surface area contributed by atoms with Crippen LogP contribution >= 0.6 is 11.3 Å². The molecule has 1 aromatic heterocycles. The topological polar surface area (TPSA) is 59.5 Å². The van der Waals surface area contributed by atoms with E-state index < -0.39 is 5.97 Å². The normalized spacial score (nSPS) is 10.1. The molecule has 6 heteroatoms. The van der Waals surface area contributed by atoms with Gasteiger partial charge in [0, 0.05) is 12.4 Å². The summed E-state index contributed by atoms with van der Waals surface area (Å²) >= 11 is 1.51. The van der Waals surface area contributed by atoms with Crippen molar-refractivity contribution in [2.24, 2.45) is 0 Å². The monoisotopic (exact) mass is 256 g/mol. The lowest BCUT2D eigenvalue weighted by Gasteiger charge is -2.15. The summed E-state index contributed by atoms with van der Waals surface area (Å²) in [5, 5.41) is 2.78. The molecule has 0 unspecified atom stereocenters. The third kappa shape index (κ3) is 4.52. The van der Waals surface area contributed by atoms with Gasteiger partial charge in [-0.3, -0.25) is 9.59 Å². The van der Waals surface area contributed by atoms with E-state index in [2.05, 4.69) is 4.98 Å². The van der Waals surface area contributed by atoms with Gasteiger partial charge in [-0.15, -0.1) is 11.3 Å². The largest absolute Gasteiger partial charge is 0.465 e. The first-order valence-corrected chi connectivity index (χ1v) is 6.21. The Morgan fingerprint density at radius 2 is 2.24 bits per heavy atom. The molecule has 17 heavy (non-hydrogen) atoms. The van der Waals surface area contributed by atoms with E-state index >= 15 is 0 Å². The molecule has 0 spiro atoms. The van der Waals surface area contributed by atoms with Crippen molar-refractivity contribution in [1.82, 2.24) is 9.88 Å². The van der Waals surface area contributed by atoms with Crippen molar-refractivity contribution < 1.29 is 14.3 Å². The van der Waals surface area contributed by atoms with Crippen LogP contribution in [0.25, 0.3) is 0 Å². The molecule has 0 bridgehead atoms. The maximum Gasteiger partial charge on any atom is 0.325 e. The van der Waals surface area contributed by atoms with E-state index in [9.17, 15) is 9.59 Å². The number of carbonyl (C=O) groups excluding carboxylic acids is 2. The Labute approximate surface area is 104 Å². The number of likely N-dealkylation sites (N-methyl/N-ethyl adjacent to an activating group) is 1. The van der Waals surface area contributed by atoms with Gasteiger partial charge in [-0.1, -0.05) is 0 Å². The minimum atomic E-state index is -0.391. The summed E-state index contributed by atoms with van der Waals surface area (Å²) in [5.74, 6) is -0.527. The van der Waals surface area contributed by atoms with Crippen molar-refractivity contribution in [2.75, 3.05) is 20.2 Å². The fraction of sp³-hybridized carbons (Fsp3) is 0.545. The average Bonchev–Trinajstić information content (AvgIpc) is 2.64. The number of amides is 1. The molecule has 0 saturated carbocycles. The Balaban J connectivity index is 2.44. The number of rotatable bonds is 5. The Kier molecular flexibility index (Phi) is 5.09. The summed E-state index contributed by atoms with van der Waals surface area (Å²) < 4.78 is 4.77. The van der Waals surface area contributed by atoms with Crippen molar-refractivity contribution in [3.05, 3.63) is 16.1 Å². The second-order valence-corrected chi connectivity index (χ2v) is 4.65. The smallest absolute Gasteiger partial charge is 0.325 e. The first kappa shape index (κ1) is 13.6. The zero-order valence-corrected chi connectivity index (χ0v) is 11.0. The first-order chi connectivity index (χ1) is 8.02. The van der Waals surface area contributed by atoms with Crippen LogP contribution in [0.5, 0.6) is 0 Å². The van der Waals surface area contributed by atoms with Crippen LogP contribution in [0.15, 0.2) is 5.38 Å². The highest BCUT2D eigenvalue weighted by Gasteiger charge is 2.15. The van der Waals surface area contributed by atoms with E-state index in [0.29, 0.717) is 6.61 Å². The van der Waals surface area contributed by atoms with E-state index in [-0.39, 0.29) is 18.9 Å². The van der Waals surface area contributed by atoms with Gasteiger partial charge in [-0.25, -0.2) is 4.98 Å². The number of thiazole rings is 1. The van der Waals surface area contributed by atoms with Gasteiger partial charge in [-0.05, 0) is 13.8 Å². The third-order valence-electron chi connectivity index (χ3n) is 2.10. The van der Waals surface area contributed by atoms with Gasteiger partial charge in [0.25, 0.3) is 0 Å². The second-order valence-electron chi connectivity index (χ2n) is 3.59. The van der Waals surface area contributed by atoms with Crippen molar-refractivity contribution in [2.45, 2.75) is 20.3 Å². The van der Waals surface area contributed by atoms with Crippen LogP contribution in [0.3, 0.4) is 0 Å². The second kappa shape index (κ2) is 6.34. The van der Waals surface area contributed by atoms with Gasteiger partial charge >= 0.3 is 5.97 Å². The summed E-state index contributed by atoms with van der Waals surface area (Å²) in [4.78, 5) is 28.5. The fourth-order valence-corrected chi connectivity index (χ4v) is 1.88. The zero-order valence-electron chi connectivity index (χ0n) is 10.2. The minimum Gasteiger partial charge on any atom is -0.465 e. The molecule has 94 valence electrons. The van der Waals surface area contributed by atoms with Gasteiger partial charge in [0.05, 0.1) is 23.7 Å². The highest BCUT2D eigenvalue weighted by Crippen LogP contribution is 2.09. The van der Waals surface area contributed by atoms with E-state index in [4.69, 9.17) is 4.74 Å². The van der Waals surface area contributed by atoms with E-state index in [0.717, 1.165) is 10.7 Å². The number of carbonyl (C=O) groups is 2. The number of aryl methyl sites for hydroxylation is 1. The van der Waals surface area contributed by atoms with Gasteiger partial charge < -0.3 is 9.64 Å². The number of hydrogen-bond acceptors (Lipinski definition) is 5. The molecule has 0 N–H and O–H groups in total. The maximum absolute atomic E-state index is 11.7. The van der Waals surface area contributed by atoms with Crippen LogP contribution in [-0.2, 0) is 20.7 Å². The van der Waals surface area contributed by atoms with Crippen LogP contribution in [0.1, 0.15) is 17.6 Å². The molecule has 0 atom stereocenters. The standard InChI is InChI=1S/C11H16N2O3S/c1-4-16-11(15)6-13(3)10(14)5-9-7-17-8(2)12-9/h7H,4-6H2,1-3H3. The average molecular weight is 256 g/mol. The molecule has 0 aliphatic heterocycles. The van der Waals surface area contributed by atoms with Crippen molar-refractivity contribution >= 4 is 23.2 Å². The van der Waals surface area contributed by atoms with Crippen LogP contribution in [0.2, 0.25) is 0 Å². The maximum atomic E-state index is 11.7. The van der Waals surface area contributed by atoms with Crippen LogP contribution < -0.4 is 0 Å². The number of ether oxygens (including phenoxy) is 1. The summed E-state index contributed by atoms with van der Waals surface area (Å²) in [7, 11) is 1.58. The highest BCUT2D eigenvalue weighted by molar-refractivity contribution is 7.09. The number of esters is 1. The molecule has 1 aromatic rings. The van der Waals surface area contributed by atoms with Gasteiger partial charge in [0.15, 0.2) is 0 Å². The molecule has 0 radical (unpaired) electrons. The molecule has 0 aliphatic carbocycles. The van der Waals surface area contributed by atoms with Gasteiger partial charge in [-0.2, -0.15) is 0 Å². The predicted molar refractivity (Wildman–Crippen MR) is 64.8 cm³/mol. The molecule has 1 heterocycles. The van der Waals surface area contributed by atoms with E-state index in [1.54, 1.807) is 14.0 Å². The Hall–Kier alpha value is -1.43. The quantitative estimate of drug-likeness (QED) is 0.738. The molecule has 0 aliphatic rings. The molecule has 0 saturated heterocycles. The Bertz CT molecular complexity index is 403. The lowest BCUT2D eigenvalue weighted by Crippen LogP contribution is -2.34. The number of nitrogens with zero attached hydrogens (tertiary/aromatic N) is 2. The summed E-state index contributed by atoms with van der Waals surface area (Å²) in [5.41, 5.74) is 0.744. The summed E-state index contributed by atoms with van der Waals surface area (Å²) in [6.07, 6.45) is 0.222. The highest BCUT2D eigenvalue weighted by atomic mass is 32.1. The number of hydrogen-bond donors (Lipinski definition) is 0. The molecular weight excluding hydrogens is 240 g/mol. The molecule has 1 rings (SSSR count). The van der Waals surface area contributed by atoms with Crippen molar-refractivity contribution in [3.63, 3.8) is 0 Å². The summed E-state index contributed by atoms with van der Waals surface area (Å²) in [6, 6.07) is 0. The van der Waals surface area contributed by atoms with E-state index in [1.807, 2.05) is 12.3 Å². The van der Waals surface area contributed by atoms with Crippen LogP contribution in [-0.4, -0.2) is 42.0 Å². The van der Waals surface area contributed by atoms with Crippen LogP contribution in [0, 0.1) is 6.92 Å². The first-order valence-electron chi connectivity index (χ1n) is 5.33. The van der Waals surface area contributed by atoms with Crippen LogP contribution in [0.4, 0.5) is 0 Å². The predicted octanol–water partition coefficient (Wildman–Crippen LogP) is 1.02. The lowest BCUT2D eigenvalue weighted by atomic mass is 10.3. The molecule has 0 aromatic carbocycles. The SMILES string of the molecule is CCOC(=O)CN(C)C(=O)Cc1csc(C)n1. The van der Waals surface area contributed by atoms with Gasteiger partial charge in [0.1, 0.15) is 6.54 Å².